The van der Waals surface area contributed by atoms with Gasteiger partial charge in [-0.15, -0.1) is 10.2 Å². The average molecular weight is 335 g/mol. The SMILES string of the molecule is Cn1c(CN)nnc1-c1ccc(Br)cc1C(F)(F)F. The van der Waals surface area contributed by atoms with Gasteiger partial charge >= 0.3 is 6.18 Å². The molecule has 0 atom stereocenters. The Morgan fingerprint density at radius 1 is 1.32 bits per heavy atom. The second kappa shape index (κ2) is 4.93. The van der Waals surface area contributed by atoms with E-state index in [2.05, 4.69) is 26.1 Å². The lowest BCUT2D eigenvalue weighted by atomic mass is 10.1. The van der Waals surface area contributed by atoms with Gasteiger partial charge in [-0.25, -0.2) is 0 Å². The smallest absolute Gasteiger partial charge is 0.324 e. The third-order valence-electron chi connectivity index (χ3n) is 2.68. The summed E-state index contributed by atoms with van der Waals surface area (Å²) in [4.78, 5) is 0. The molecule has 0 unspecified atom stereocenters. The second-order valence-corrected chi connectivity index (χ2v) is 4.81. The van der Waals surface area contributed by atoms with Crippen molar-refractivity contribution in [3.63, 3.8) is 0 Å². The third-order valence-corrected chi connectivity index (χ3v) is 3.17. The third kappa shape index (κ3) is 2.64. The van der Waals surface area contributed by atoms with Crippen molar-refractivity contribution in [1.29, 1.82) is 0 Å². The van der Waals surface area contributed by atoms with Crippen LogP contribution in [0.15, 0.2) is 22.7 Å². The quantitative estimate of drug-likeness (QED) is 0.918. The van der Waals surface area contributed by atoms with E-state index in [1.807, 2.05) is 0 Å². The molecule has 102 valence electrons. The molecule has 0 bridgehead atoms. The van der Waals surface area contributed by atoms with Crippen LogP contribution in [-0.2, 0) is 19.8 Å². The van der Waals surface area contributed by atoms with Crippen LogP contribution in [0.25, 0.3) is 11.4 Å². The summed E-state index contributed by atoms with van der Waals surface area (Å²) in [6, 6.07) is 3.91. The zero-order chi connectivity index (χ0) is 14.2. The molecule has 19 heavy (non-hydrogen) atoms. The van der Waals surface area contributed by atoms with Gasteiger partial charge in [0.05, 0.1) is 12.1 Å². The standard InChI is InChI=1S/C11H10BrF3N4/c1-19-9(5-16)17-18-10(19)7-3-2-6(12)4-8(7)11(13,14)15/h2-4H,5,16H2,1H3. The van der Waals surface area contributed by atoms with Crippen LogP contribution in [0.2, 0.25) is 0 Å². The fourth-order valence-electron chi connectivity index (χ4n) is 1.72. The highest BCUT2D eigenvalue weighted by Crippen LogP contribution is 2.37. The van der Waals surface area contributed by atoms with Gasteiger partial charge in [-0.05, 0) is 18.2 Å². The molecule has 0 aliphatic heterocycles. The molecule has 0 saturated heterocycles. The summed E-state index contributed by atoms with van der Waals surface area (Å²) >= 11 is 3.04. The highest BCUT2D eigenvalue weighted by molar-refractivity contribution is 9.10. The predicted octanol–water partition coefficient (Wildman–Crippen LogP) is 2.72. The van der Waals surface area contributed by atoms with Crippen LogP contribution in [0.3, 0.4) is 0 Å². The van der Waals surface area contributed by atoms with Crippen LogP contribution in [0.4, 0.5) is 13.2 Å². The molecule has 2 aromatic rings. The van der Waals surface area contributed by atoms with Gasteiger partial charge < -0.3 is 10.3 Å². The van der Waals surface area contributed by atoms with Crippen molar-refractivity contribution >= 4 is 15.9 Å². The lowest BCUT2D eigenvalue weighted by Gasteiger charge is -2.13. The molecule has 0 saturated carbocycles. The van der Waals surface area contributed by atoms with Crippen LogP contribution in [0, 0.1) is 0 Å². The summed E-state index contributed by atoms with van der Waals surface area (Å²) in [6.07, 6.45) is -4.46. The number of nitrogens with zero attached hydrogens (tertiary/aromatic N) is 3. The van der Waals surface area contributed by atoms with Gasteiger partial charge in [-0.1, -0.05) is 15.9 Å². The van der Waals surface area contributed by atoms with Crippen molar-refractivity contribution < 1.29 is 13.2 Å². The van der Waals surface area contributed by atoms with Gasteiger partial charge in [0, 0.05) is 17.1 Å². The Bertz CT molecular complexity index is 606. The number of aromatic nitrogens is 3. The lowest BCUT2D eigenvalue weighted by molar-refractivity contribution is -0.137. The Morgan fingerprint density at radius 3 is 2.53 bits per heavy atom. The first-order valence-electron chi connectivity index (χ1n) is 5.30. The van der Waals surface area contributed by atoms with Crippen molar-refractivity contribution in [3.05, 3.63) is 34.1 Å². The van der Waals surface area contributed by atoms with E-state index in [9.17, 15) is 13.2 Å². The number of halogens is 4. The van der Waals surface area contributed by atoms with Gasteiger partial charge in [0.1, 0.15) is 5.82 Å². The van der Waals surface area contributed by atoms with Crippen LogP contribution < -0.4 is 5.73 Å². The first-order chi connectivity index (χ1) is 8.84. The monoisotopic (exact) mass is 334 g/mol. The van der Waals surface area contributed by atoms with E-state index < -0.39 is 11.7 Å². The first-order valence-corrected chi connectivity index (χ1v) is 6.09. The molecule has 8 heteroatoms. The lowest BCUT2D eigenvalue weighted by Crippen LogP contribution is -2.10. The van der Waals surface area contributed by atoms with Crippen molar-refractivity contribution in [3.8, 4) is 11.4 Å². The molecular formula is C11H10BrF3N4. The molecule has 2 N–H and O–H groups in total. The van der Waals surface area contributed by atoms with Gasteiger partial charge in [0.15, 0.2) is 5.82 Å². The molecule has 1 aromatic carbocycles. The minimum absolute atomic E-state index is 0.0228. The Kier molecular flexibility index (Phi) is 3.64. The Labute approximate surface area is 115 Å². The minimum Gasteiger partial charge on any atom is -0.324 e. The fourth-order valence-corrected chi connectivity index (χ4v) is 2.08. The Balaban J connectivity index is 2.65. The van der Waals surface area contributed by atoms with Gasteiger partial charge in [-0.3, -0.25) is 0 Å². The molecule has 1 aromatic heterocycles. The maximum Gasteiger partial charge on any atom is 0.417 e. The Hall–Kier alpha value is -1.41. The van der Waals surface area contributed by atoms with E-state index in [0.29, 0.717) is 10.3 Å². The summed E-state index contributed by atoms with van der Waals surface area (Å²) in [5.41, 5.74) is 4.65. The first kappa shape index (κ1) is 14.0. The number of hydrogen-bond acceptors (Lipinski definition) is 3. The van der Waals surface area contributed by atoms with E-state index in [0.717, 1.165) is 6.07 Å². The number of hydrogen-bond donors (Lipinski definition) is 1. The molecule has 4 nitrogen and oxygen atoms in total. The number of benzene rings is 1. The van der Waals surface area contributed by atoms with E-state index >= 15 is 0 Å². The van der Waals surface area contributed by atoms with Crippen LogP contribution in [-0.4, -0.2) is 14.8 Å². The maximum absolute atomic E-state index is 13.0. The molecule has 0 aliphatic rings. The summed E-state index contributed by atoms with van der Waals surface area (Å²) in [6.45, 7) is 0.112. The minimum atomic E-state index is -4.46. The second-order valence-electron chi connectivity index (χ2n) is 3.89. The molecule has 2 rings (SSSR count). The van der Waals surface area contributed by atoms with Crippen LogP contribution in [0.1, 0.15) is 11.4 Å². The zero-order valence-electron chi connectivity index (χ0n) is 9.87. The summed E-state index contributed by atoms with van der Waals surface area (Å²) in [7, 11) is 1.58. The highest BCUT2D eigenvalue weighted by atomic mass is 79.9. The summed E-state index contributed by atoms with van der Waals surface area (Å²) in [5, 5.41) is 7.54. The molecule has 0 radical (unpaired) electrons. The maximum atomic E-state index is 13.0. The van der Waals surface area contributed by atoms with Crippen molar-refractivity contribution in [1.82, 2.24) is 14.8 Å². The number of rotatable bonds is 2. The fraction of sp³-hybridized carbons (Fsp3) is 0.273. The van der Waals surface area contributed by atoms with E-state index in [-0.39, 0.29) is 17.9 Å². The number of alkyl halides is 3. The van der Waals surface area contributed by atoms with Crippen molar-refractivity contribution in [2.75, 3.05) is 0 Å². The summed E-state index contributed by atoms with van der Waals surface area (Å²) < 4.78 is 40.9. The van der Waals surface area contributed by atoms with Crippen LogP contribution >= 0.6 is 15.9 Å². The molecule has 0 fully saturated rings. The molecule has 1 heterocycles. The van der Waals surface area contributed by atoms with Crippen molar-refractivity contribution in [2.24, 2.45) is 12.8 Å². The van der Waals surface area contributed by atoms with Gasteiger partial charge in [0.2, 0.25) is 0 Å². The number of nitrogens with two attached hydrogens (primary N) is 1. The van der Waals surface area contributed by atoms with Crippen molar-refractivity contribution in [2.45, 2.75) is 12.7 Å². The zero-order valence-corrected chi connectivity index (χ0v) is 11.5. The van der Waals surface area contributed by atoms with E-state index in [1.54, 1.807) is 7.05 Å². The van der Waals surface area contributed by atoms with Gasteiger partial charge in [-0.2, -0.15) is 13.2 Å². The van der Waals surface area contributed by atoms with Gasteiger partial charge in [0.25, 0.3) is 0 Å². The average Bonchev–Trinajstić information content (AvgIpc) is 2.69. The molecular weight excluding hydrogens is 325 g/mol. The molecule has 0 spiro atoms. The summed E-state index contributed by atoms with van der Waals surface area (Å²) in [5.74, 6) is 0.561. The largest absolute Gasteiger partial charge is 0.417 e. The Morgan fingerprint density at radius 2 is 2.00 bits per heavy atom. The topological polar surface area (TPSA) is 56.7 Å². The van der Waals surface area contributed by atoms with E-state index in [4.69, 9.17) is 5.73 Å². The molecule has 0 amide bonds. The highest BCUT2D eigenvalue weighted by Gasteiger charge is 2.35. The normalized spacial score (nSPS) is 11.9. The van der Waals surface area contributed by atoms with Crippen LogP contribution in [0.5, 0.6) is 0 Å². The predicted molar refractivity (Wildman–Crippen MR) is 67.0 cm³/mol. The van der Waals surface area contributed by atoms with E-state index in [1.165, 1.54) is 16.7 Å². The molecule has 0 aliphatic carbocycles.